The van der Waals surface area contributed by atoms with Crippen molar-refractivity contribution in [2.24, 2.45) is 5.73 Å². The molecule has 20 heavy (non-hydrogen) atoms. The van der Waals surface area contributed by atoms with Crippen LogP contribution in [-0.2, 0) is 4.74 Å². The number of aromatic nitrogens is 3. The molecule has 2 rings (SSSR count). The van der Waals surface area contributed by atoms with E-state index in [0.29, 0.717) is 18.0 Å². The molecule has 0 fully saturated rings. The van der Waals surface area contributed by atoms with E-state index < -0.39 is 5.97 Å². The first-order valence-electron chi connectivity index (χ1n) is 6.12. The van der Waals surface area contributed by atoms with Crippen LogP contribution in [-0.4, -0.2) is 39.8 Å². The lowest BCUT2D eigenvalue weighted by atomic mass is 10.3. The van der Waals surface area contributed by atoms with Gasteiger partial charge >= 0.3 is 5.97 Å². The first-order valence-corrected chi connectivity index (χ1v) is 6.50. The van der Waals surface area contributed by atoms with E-state index in [1.54, 1.807) is 13.1 Å². The molecule has 0 bridgehead atoms. The third kappa shape index (κ3) is 3.00. The van der Waals surface area contributed by atoms with Crippen LogP contribution >= 0.6 is 11.6 Å². The minimum absolute atomic E-state index is 0.130. The van der Waals surface area contributed by atoms with E-state index in [1.165, 1.54) is 10.7 Å². The van der Waals surface area contributed by atoms with Crippen molar-refractivity contribution in [3.05, 3.63) is 23.1 Å². The summed E-state index contributed by atoms with van der Waals surface area (Å²) in [7, 11) is 0. The van der Waals surface area contributed by atoms with Crippen molar-refractivity contribution in [1.29, 1.82) is 0 Å². The fourth-order valence-electron chi connectivity index (χ4n) is 1.54. The van der Waals surface area contributed by atoms with Gasteiger partial charge in [0.2, 0.25) is 0 Å². The van der Waals surface area contributed by atoms with Crippen molar-refractivity contribution in [3.8, 4) is 5.75 Å². The van der Waals surface area contributed by atoms with Gasteiger partial charge in [0.05, 0.1) is 19.0 Å². The maximum absolute atomic E-state index is 11.7. The molecule has 0 aliphatic heterocycles. The standard InChI is InChI=1S/C12H15ClN4O3/c1-3-19-12(18)8-4-15-17-5-9(20-6-7(2)14)10(13)16-11(8)17/h4-5,7H,3,6,14H2,1-2H3. The quantitative estimate of drug-likeness (QED) is 0.660. The Morgan fingerprint density at radius 2 is 2.35 bits per heavy atom. The molecule has 1 unspecified atom stereocenters. The molecule has 2 heterocycles. The summed E-state index contributed by atoms with van der Waals surface area (Å²) >= 11 is 6.03. The van der Waals surface area contributed by atoms with Crippen molar-refractivity contribution in [2.75, 3.05) is 13.2 Å². The second kappa shape index (κ2) is 6.06. The third-order valence-electron chi connectivity index (χ3n) is 2.41. The number of halogens is 1. The van der Waals surface area contributed by atoms with E-state index in [9.17, 15) is 4.79 Å². The topological polar surface area (TPSA) is 91.7 Å². The van der Waals surface area contributed by atoms with Crippen LogP contribution in [0.2, 0.25) is 5.15 Å². The maximum atomic E-state index is 11.7. The number of ether oxygens (including phenoxy) is 2. The van der Waals surface area contributed by atoms with Crippen molar-refractivity contribution in [3.63, 3.8) is 0 Å². The summed E-state index contributed by atoms with van der Waals surface area (Å²) in [6.07, 6.45) is 2.93. The molecule has 108 valence electrons. The lowest BCUT2D eigenvalue weighted by molar-refractivity contribution is 0.0528. The van der Waals surface area contributed by atoms with Crippen LogP contribution in [0.3, 0.4) is 0 Å². The molecule has 0 spiro atoms. The predicted molar refractivity (Wildman–Crippen MR) is 73.1 cm³/mol. The summed E-state index contributed by atoms with van der Waals surface area (Å²) < 4.78 is 11.8. The van der Waals surface area contributed by atoms with Crippen LogP contribution in [0, 0.1) is 0 Å². The Labute approximate surface area is 120 Å². The smallest absolute Gasteiger partial charge is 0.343 e. The summed E-state index contributed by atoms with van der Waals surface area (Å²) in [5, 5.41) is 4.18. The highest BCUT2D eigenvalue weighted by Crippen LogP contribution is 2.24. The minimum atomic E-state index is -0.490. The van der Waals surface area contributed by atoms with Crippen LogP contribution in [0.15, 0.2) is 12.4 Å². The van der Waals surface area contributed by atoms with Gasteiger partial charge < -0.3 is 15.2 Å². The fourth-order valence-corrected chi connectivity index (χ4v) is 1.73. The predicted octanol–water partition coefficient (Wildman–Crippen LogP) is 1.29. The number of nitrogens with two attached hydrogens (primary N) is 1. The highest BCUT2D eigenvalue weighted by molar-refractivity contribution is 6.31. The van der Waals surface area contributed by atoms with Gasteiger partial charge in [-0.25, -0.2) is 14.3 Å². The second-order valence-electron chi connectivity index (χ2n) is 4.23. The molecule has 0 aliphatic rings. The van der Waals surface area contributed by atoms with Gasteiger partial charge in [-0.05, 0) is 13.8 Å². The molecule has 0 aliphatic carbocycles. The minimum Gasteiger partial charge on any atom is -0.487 e. The van der Waals surface area contributed by atoms with Crippen LogP contribution in [0.4, 0.5) is 0 Å². The molecule has 1 atom stereocenters. The van der Waals surface area contributed by atoms with E-state index >= 15 is 0 Å². The Morgan fingerprint density at radius 1 is 1.60 bits per heavy atom. The molecular formula is C12H15ClN4O3. The lowest BCUT2D eigenvalue weighted by Gasteiger charge is -2.10. The van der Waals surface area contributed by atoms with Gasteiger partial charge in [0.15, 0.2) is 16.5 Å². The molecule has 2 aromatic rings. The number of carbonyl (C=O) groups is 1. The SMILES string of the molecule is CCOC(=O)c1cnn2cc(OCC(C)N)c(Cl)nc12. The highest BCUT2D eigenvalue weighted by Gasteiger charge is 2.17. The number of hydrogen-bond donors (Lipinski definition) is 1. The van der Waals surface area contributed by atoms with Crippen LogP contribution in [0.25, 0.3) is 5.65 Å². The van der Waals surface area contributed by atoms with Gasteiger partial charge in [0.1, 0.15) is 12.2 Å². The molecule has 0 saturated carbocycles. The molecule has 0 saturated heterocycles. The molecular weight excluding hydrogens is 284 g/mol. The molecule has 0 aromatic carbocycles. The molecule has 7 nitrogen and oxygen atoms in total. The summed E-state index contributed by atoms with van der Waals surface area (Å²) in [6.45, 7) is 4.12. The zero-order chi connectivity index (χ0) is 14.7. The highest BCUT2D eigenvalue weighted by atomic mass is 35.5. The van der Waals surface area contributed by atoms with E-state index in [-0.39, 0.29) is 23.4 Å². The first kappa shape index (κ1) is 14.5. The molecule has 2 aromatic heterocycles. The van der Waals surface area contributed by atoms with E-state index in [4.69, 9.17) is 26.8 Å². The zero-order valence-electron chi connectivity index (χ0n) is 11.2. The van der Waals surface area contributed by atoms with E-state index in [1.807, 2.05) is 6.92 Å². The average molecular weight is 299 g/mol. The molecule has 0 radical (unpaired) electrons. The number of esters is 1. The average Bonchev–Trinajstić information content (AvgIpc) is 2.78. The van der Waals surface area contributed by atoms with Crippen molar-refractivity contribution >= 4 is 23.2 Å². The van der Waals surface area contributed by atoms with E-state index in [0.717, 1.165) is 0 Å². The number of fused-ring (bicyclic) bond motifs is 1. The van der Waals surface area contributed by atoms with Crippen molar-refractivity contribution in [1.82, 2.24) is 14.6 Å². The van der Waals surface area contributed by atoms with Gasteiger partial charge in [-0.1, -0.05) is 11.6 Å². The van der Waals surface area contributed by atoms with Crippen LogP contribution < -0.4 is 10.5 Å². The molecule has 0 amide bonds. The van der Waals surface area contributed by atoms with Gasteiger partial charge in [0, 0.05) is 6.04 Å². The normalized spacial score (nSPS) is 12.4. The number of nitrogens with zero attached hydrogens (tertiary/aromatic N) is 3. The van der Waals surface area contributed by atoms with Crippen LogP contribution in [0.5, 0.6) is 5.75 Å². The largest absolute Gasteiger partial charge is 0.487 e. The van der Waals surface area contributed by atoms with Gasteiger partial charge in [0.25, 0.3) is 0 Å². The number of hydrogen-bond acceptors (Lipinski definition) is 6. The third-order valence-corrected chi connectivity index (χ3v) is 2.68. The lowest BCUT2D eigenvalue weighted by Crippen LogP contribution is -2.23. The summed E-state index contributed by atoms with van der Waals surface area (Å²) in [4.78, 5) is 15.8. The summed E-state index contributed by atoms with van der Waals surface area (Å²) in [6, 6.07) is -0.130. The Bertz CT molecular complexity index is 626. The van der Waals surface area contributed by atoms with Gasteiger partial charge in [-0.2, -0.15) is 5.10 Å². The monoisotopic (exact) mass is 298 g/mol. The fraction of sp³-hybridized carbons (Fsp3) is 0.417. The van der Waals surface area contributed by atoms with Crippen LogP contribution in [0.1, 0.15) is 24.2 Å². The Balaban J connectivity index is 2.34. The molecule has 2 N–H and O–H groups in total. The summed E-state index contributed by atoms with van der Waals surface area (Å²) in [5.41, 5.74) is 6.19. The Morgan fingerprint density at radius 3 is 3.00 bits per heavy atom. The Kier molecular flexibility index (Phi) is 4.41. The first-order chi connectivity index (χ1) is 9.52. The van der Waals surface area contributed by atoms with E-state index in [2.05, 4.69) is 10.1 Å². The number of carbonyl (C=O) groups excluding carboxylic acids is 1. The summed E-state index contributed by atoms with van der Waals surface area (Å²) in [5.74, 6) is -0.134. The van der Waals surface area contributed by atoms with Crippen molar-refractivity contribution < 1.29 is 14.3 Å². The van der Waals surface area contributed by atoms with Gasteiger partial charge in [-0.3, -0.25) is 0 Å². The zero-order valence-corrected chi connectivity index (χ0v) is 11.9. The Hall–Kier alpha value is -1.86. The second-order valence-corrected chi connectivity index (χ2v) is 4.59. The number of rotatable bonds is 5. The van der Waals surface area contributed by atoms with Crippen molar-refractivity contribution in [2.45, 2.75) is 19.9 Å². The molecule has 8 heteroatoms. The van der Waals surface area contributed by atoms with Gasteiger partial charge in [-0.15, -0.1) is 0 Å². The maximum Gasteiger partial charge on any atom is 0.343 e.